The van der Waals surface area contributed by atoms with Crippen molar-refractivity contribution in [1.82, 2.24) is 14.8 Å². The number of nitrogens with zero attached hydrogens (tertiary/aromatic N) is 2. The summed E-state index contributed by atoms with van der Waals surface area (Å²) in [5, 5.41) is 8.69. The first-order valence-electron chi connectivity index (χ1n) is 8.21. The van der Waals surface area contributed by atoms with E-state index in [-0.39, 0.29) is 6.54 Å². The summed E-state index contributed by atoms with van der Waals surface area (Å²) in [6.07, 6.45) is 2.23. The van der Waals surface area contributed by atoms with Crippen molar-refractivity contribution in [1.29, 1.82) is 0 Å². The van der Waals surface area contributed by atoms with Crippen molar-refractivity contribution in [3.05, 3.63) is 24.3 Å². The Labute approximate surface area is 152 Å². The maximum absolute atomic E-state index is 11.4. The third kappa shape index (κ3) is 7.61. The number of hydrogen-bond acceptors (Lipinski definition) is 6. The van der Waals surface area contributed by atoms with E-state index in [1.165, 1.54) is 18.4 Å². The fraction of sp³-hybridized carbons (Fsp3) is 0.529. The molecule has 24 heavy (non-hydrogen) atoms. The van der Waals surface area contributed by atoms with E-state index in [4.69, 9.17) is 5.21 Å². The predicted octanol–water partition coefficient (Wildman–Crippen LogP) is 4.57. The number of thiazole rings is 1. The van der Waals surface area contributed by atoms with Crippen LogP contribution in [0.5, 0.6) is 0 Å². The summed E-state index contributed by atoms with van der Waals surface area (Å²) < 4.78 is 3.98. The molecule has 0 aliphatic heterocycles. The normalized spacial score (nSPS) is 10.8. The highest BCUT2D eigenvalue weighted by Crippen LogP contribution is 2.31. The Morgan fingerprint density at radius 3 is 2.62 bits per heavy atom. The summed E-state index contributed by atoms with van der Waals surface area (Å²) in [4.78, 5) is 16.0. The molecule has 0 radical (unpaired) electrons. The summed E-state index contributed by atoms with van der Waals surface area (Å²) in [5.41, 5.74) is 2.66. The largest absolute Gasteiger partial charge is 0.289 e. The molecule has 2 aromatic rings. The molecule has 0 aliphatic rings. The molecule has 0 bridgehead atoms. The van der Waals surface area contributed by atoms with Gasteiger partial charge in [-0.3, -0.25) is 10.0 Å². The number of amides is 1. The monoisotopic (exact) mass is 369 g/mol. The van der Waals surface area contributed by atoms with Gasteiger partial charge in [0.2, 0.25) is 0 Å². The molecule has 0 aliphatic carbocycles. The summed E-state index contributed by atoms with van der Waals surface area (Å²) in [6.45, 7) is 9.45. The van der Waals surface area contributed by atoms with E-state index in [9.17, 15) is 4.79 Å². The zero-order valence-corrected chi connectivity index (χ0v) is 16.4. The van der Waals surface area contributed by atoms with Crippen molar-refractivity contribution in [3.8, 4) is 0 Å². The van der Waals surface area contributed by atoms with Crippen molar-refractivity contribution in [3.63, 3.8) is 0 Å². The fourth-order valence-electron chi connectivity index (χ4n) is 1.76. The van der Waals surface area contributed by atoms with Gasteiger partial charge in [0.25, 0.3) is 5.91 Å². The Morgan fingerprint density at radius 2 is 2.04 bits per heavy atom. The first-order valence-corrected chi connectivity index (χ1v) is 9.80. The van der Waals surface area contributed by atoms with Gasteiger partial charge in [0, 0.05) is 6.54 Å². The lowest BCUT2D eigenvalue weighted by atomic mass is 10.1. The Kier molecular flexibility index (Phi) is 9.94. The number of para-hydroxylation sites is 1. The van der Waals surface area contributed by atoms with Crippen LogP contribution in [0.2, 0.25) is 0 Å². The maximum Gasteiger partial charge on any atom is 0.258 e. The van der Waals surface area contributed by atoms with Gasteiger partial charge in [-0.15, -0.1) is 11.3 Å². The molecular formula is C17H27N3O2S2. The van der Waals surface area contributed by atoms with Crippen molar-refractivity contribution < 1.29 is 10.0 Å². The van der Waals surface area contributed by atoms with Gasteiger partial charge in [0.15, 0.2) is 4.34 Å². The number of nitrogens with one attached hydrogen (secondary N) is 1. The minimum Gasteiger partial charge on any atom is -0.289 e. The molecule has 1 amide bonds. The van der Waals surface area contributed by atoms with Gasteiger partial charge in [-0.05, 0) is 36.4 Å². The number of benzene rings is 1. The van der Waals surface area contributed by atoms with Gasteiger partial charge in [-0.1, -0.05) is 46.2 Å². The summed E-state index contributed by atoms with van der Waals surface area (Å²) in [5.74, 6) is 0.146. The molecule has 134 valence electrons. The van der Waals surface area contributed by atoms with Crippen molar-refractivity contribution in [2.45, 2.75) is 44.9 Å². The van der Waals surface area contributed by atoms with E-state index in [1.807, 2.05) is 28.6 Å². The zero-order valence-electron chi connectivity index (χ0n) is 14.8. The first-order chi connectivity index (χ1) is 11.5. The maximum atomic E-state index is 11.4. The van der Waals surface area contributed by atoms with Gasteiger partial charge < -0.3 is 0 Å². The molecule has 2 N–H and O–H groups in total. The molecule has 0 spiro atoms. The highest BCUT2D eigenvalue weighted by Gasteiger charge is 2.15. The van der Waals surface area contributed by atoms with E-state index < -0.39 is 5.91 Å². The quantitative estimate of drug-likeness (QED) is 0.425. The van der Waals surface area contributed by atoms with Gasteiger partial charge in [0.05, 0.1) is 16.8 Å². The van der Waals surface area contributed by atoms with Gasteiger partial charge in [0.1, 0.15) is 0 Å². The Bertz CT molecular complexity index is 584. The van der Waals surface area contributed by atoms with Crippen LogP contribution < -0.4 is 5.48 Å². The first kappa shape index (κ1) is 20.9. The second-order valence-electron chi connectivity index (χ2n) is 5.83. The van der Waals surface area contributed by atoms with Crippen LogP contribution in [-0.2, 0) is 4.79 Å². The smallest absolute Gasteiger partial charge is 0.258 e. The number of rotatable bonds is 7. The van der Waals surface area contributed by atoms with Gasteiger partial charge in [-0.2, -0.15) is 0 Å². The number of aromatic nitrogens is 1. The van der Waals surface area contributed by atoms with Crippen LogP contribution in [0.15, 0.2) is 28.6 Å². The molecule has 1 heterocycles. The second-order valence-corrected chi connectivity index (χ2v) is 8.20. The topological polar surface area (TPSA) is 65.5 Å². The van der Waals surface area contributed by atoms with Gasteiger partial charge >= 0.3 is 0 Å². The SMILES string of the molecule is CC(C)CCN(CC(=O)NO)Sc1nc2ccccc2s1.CCC. The molecule has 7 heteroatoms. The lowest BCUT2D eigenvalue weighted by molar-refractivity contribution is -0.129. The second kappa shape index (κ2) is 11.4. The fourth-order valence-corrected chi connectivity index (χ4v) is 3.93. The van der Waals surface area contributed by atoms with Gasteiger partial charge in [-0.25, -0.2) is 14.8 Å². The molecule has 1 aromatic heterocycles. The van der Waals surface area contributed by atoms with Crippen LogP contribution in [0, 0.1) is 5.92 Å². The van der Waals surface area contributed by atoms with E-state index in [2.05, 4.69) is 32.7 Å². The predicted molar refractivity (Wildman–Crippen MR) is 102 cm³/mol. The van der Waals surface area contributed by atoms with Crippen LogP contribution in [0.4, 0.5) is 0 Å². The number of fused-ring (bicyclic) bond motifs is 1. The number of carbonyl (C=O) groups is 1. The average Bonchev–Trinajstić information content (AvgIpc) is 2.95. The van der Waals surface area contributed by atoms with Crippen molar-refractivity contribution >= 4 is 39.4 Å². The van der Waals surface area contributed by atoms with Crippen LogP contribution in [-0.4, -0.2) is 33.5 Å². The number of hydroxylamine groups is 1. The summed E-state index contributed by atoms with van der Waals surface area (Å²) in [7, 11) is 0. The summed E-state index contributed by atoms with van der Waals surface area (Å²) in [6, 6.07) is 7.97. The molecule has 0 saturated carbocycles. The highest BCUT2D eigenvalue weighted by atomic mass is 32.2. The lowest BCUT2D eigenvalue weighted by Gasteiger charge is -2.19. The molecular weight excluding hydrogens is 342 g/mol. The molecule has 5 nitrogen and oxygen atoms in total. The van der Waals surface area contributed by atoms with Crippen LogP contribution in [0.3, 0.4) is 0 Å². The third-order valence-corrected chi connectivity index (χ3v) is 5.00. The lowest BCUT2D eigenvalue weighted by Crippen LogP contribution is -2.32. The molecule has 0 unspecified atom stereocenters. The third-order valence-electron chi connectivity index (χ3n) is 2.88. The minimum absolute atomic E-state index is 0.143. The summed E-state index contributed by atoms with van der Waals surface area (Å²) >= 11 is 3.08. The van der Waals surface area contributed by atoms with Crippen molar-refractivity contribution in [2.24, 2.45) is 5.92 Å². The van der Waals surface area contributed by atoms with E-state index in [0.717, 1.165) is 27.5 Å². The van der Waals surface area contributed by atoms with Crippen molar-refractivity contribution in [2.75, 3.05) is 13.1 Å². The van der Waals surface area contributed by atoms with E-state index >= 15 is 0 Å². The molecule has 0 atom stereocenters. The molecule has 2 rings (SSSR count). The van der Waals surface area contributed by atoms with E-state index in [0.29, 0.717) is 5.92 Å². The standard InChI is InChI=1S/C14H19N3O2S2.C3H8/c1-10(2)7-8-17(9-13(18)16-19)21-14-15-11-5-3-4-6-12(11)20-14;1-3-2/h3-6,10,19H,7-9H2,1-2H3,(H,16,18);3H2,1-2H3. The zero-order chi connectivity index (χ0) is 17.9. The number of carbonyl (C=O) groups excluding carboxylic acids is 1. The highest BCUT2D eigenvalue weighted by molar-refractivity contribution is 7.98. The molecule has 0 fully saturated rings. The molecule has 0 saturated heterocycles. The van der Waals surface area contributed by atoms with E-state index in [1.54, 1.807) is 16.8 Å². The minimum atomic E-state index is -0.410. The Balaban J connectivity index is 0.000000891. The Hall–Kier alpha value is -1.15. The number of hydrogen-bond donors (Lipinski definition) is 2. The van der Waals surface area contributed by atoms with Crippen LogP contribution in [0.1, 0.15) is 40.5 Å². The average molecular weight is 370 g/mol. The molecule has 1 aromatic carbocycles. The Morgan fingerprint density at radius 1 is 1.38 bits per heavy atom. The van der Waals surface area contributed by atoms with Crippen LogP contribution in [0.25, 0.3) is 10.2 Å². The van der Waals surface area contributed by atoms with Crippen LogP contribution >= 0.6 is 23.3 Å².